The molecular formula is C30H39NO4. The molecule has 3 atom stereocenters. The van der Waals surface area contributed by atoms with Gasteiger partial charge in [-0.25, -0.2) is 0 Å². The molecule has 0 radical (unpaired) electrons. The quantitative estimate of drug-likeness (QED) is 0.468. The van der Waals surface area contributed by atoms with Gasteiger partial charge in [0.05, 0.1) is 12.5 Å². The number of likely N-dealkylation sites (tertiary alicyclic amines) is 1. The first-order valence-corrected chi connectivity index (χ1v) is 13.2. The van der Waals surface area contributed by atoms with Crippen molar-refractivity contribution in [2.45, 2.75) is 46.0 Å². The van der Waals surface area contributed by atoms with Crippen molar-refractivity contribution >= 4 is 11.5 Å². The Labute approximate surface area is 209 Å². The summed E-state index contributed by atoms with van der Waals surface area (Å²) in [6.07, 6.45) is 7.64. The molecule has 1 saturated heterocycles. The van der Waals surface area contributed by atoms with Gasteiger partial charge >= 0.3 is 5.97 Å². The Kier molecular flexibility index (Phi) is 8.86. The number of hydrogen-bond donors (Lipinski definition) is 1. The van der Waals surface area contributed by atoms with Crippen LogP contribution in [0.4, 0.5) is 0 Å². The highest BCUT2D eigenvalue weighted by Gasteiger charge is 2.37. The first-order chi connectivity index (χ1) is 17.0. The molecule has 5 nitrogen and oxygen atoms in total. The van der Waals surface area contributed by atoms with Crippen LogP contribution < -0.4 is 4.74 Å². The van der Waals surface area contributed by atoms with E-state index in [9.17, 15) is 9.90 Å². The molecule has 1 N–H and O–H groups in total. The van der Waals surface area contributed by atoms with Crippen LogP contribution in [0.1, 0.15) is 50.7 Å². The molecule has 0 bridgehead atoms. The summed E-state index contributed by atoms with van der Waals surface area (Å²) < 4.78 is 11.4. The van der Waals surface area contributed by atoms with Crippen LogP contribution in [0.3, 0.4) is 0 Å². The molecule has 1 fully saturated rings. The van der Waals surface area contributed by atoms with Gasteiger partial charge in [-0.3, -0.25) is 9.69 Å². The van der Waals surface area contributed by atoms with Crippen molar-refractivity contribution in [1.29, 1.82) is 0 Å². The predicted octanol–water partition coefficient (Wildman–Crippen LogP) is 5.72. The average Bonchev–Trinajstić information content (AvgIpc) is 2.87. The fourth-order valence-electron chi connectivity index (χ4n) is 5.48. The molecule has 0 aromatic heterocycles. The Morgan fingerprint density at radius 2 is 1.74 bits per heavy atom. The number of aromatic hydroxyl groups is 1. The lowest BCUT2D eigenvalue weighted by Gasteiger charge is -2.36. The summed E-state index contributed by atoms with van der Waals surface area (Å²) in [5, 5.41) is 9.75. The van der Waals surface area contributed by atoms with Crippen molar-refractivity contribution in [1.82, 2.24) is 4.90 Å². The molecule has 0 saturated carbocycles. The standard InChI is InChI=1S/C30H39NO4/c1-3-34-30(33)27-15-16-28(24-9-11-25(32)12-10-24)29(22(27)2)21-23-7-13-26(14-8-23)35-20-19-31-17-5-4-6-18-31/h7-14,16,22,27,29,32H,3-6,15,17-21H2,1-2H3. The summed E-state index contributed by atoms with van der Waals surface area (Å²) >= 11 is 0. The summed E-state index contributed by atoms with van der Waals surface area (Å²) in [5.74, 6) is 1.23. The lowest BCUT2D eigenvalue weighted by atomic mass is 9.69. The largest absolute Gasteiger partial charge is 0.508 e. The molecule has 4 rings (SSSR count). The second-order valence-electron chi connectivity index (χ2n) is 9.87. The first-order valence-electron chi connectivity index (χ1n) is 13.2. The van der Waals surface area contributed by atoms with Crippen LogP contribution in [-0.4, -0.2) is 48.8 Å². The zero-order chi connectivity index (χ0) is 24.6. The van der Waals surface area contributed by atoms with Gasteiger partial charge in [-0.15, -0.1) is 0 Å². The molecule has 2 aromatic rings. The van der Waals surface area contributed by atoms with E-state index in [-0.39, 0.29) is 29.5 Å². The van der Waals surface area contributed by atoms with Gasteiger partial charge in [-0.05, 0) is 98.5 Å². The number of carbonyl (C=O) groups is 1. The number of esters is 1. The molecule has 5 heteroatoms. The molecule has 1 aliphatic heterocycles. The molecule has 1 heterocycles. The van der Waals surface area contributed by atoms with Crippen LogP contribution in [0.15, 0.2) is 54.6 Å². The predicted molar refractivity (Wildman–Crippen MR) is 139 cm³/mol. The van der Waals surface area contributed by atoms with Crippen molar-refractivity contribution < 1.29 is 19.4 Å². The Morgan fingerprint density at radius 1 is 1.03 bits per heavy atom. The second kappa shape index (κ2) is 12.3. The van der Waals surface area contributed by atoms with Gasteiger partial charge in [0, 0.05) is 6.54 Å². The Bertz CT molecular complexity index is 976. The molecule has 1 aliphatic carbocycles. The van der Waals surface area contributed by atoms with Gasteiger partial charge in [0.2, 0.25) is 0 Å². The molecule has 0 spiro atoms. The van der Waals surface area contributed by atoms with E-state index >= 15 is 0 Å². The van der Waals surface area contributed by atoms with Crippen LogP contribution in [-0.2, 0) is 16.0 Å². The van der Waals surface area contributed by atoms with Crippen LogP contribution in [0.25, 0.3) is 5.57 Å². The number of carbonyl (C=O) groups excluding carboxylic acids is 1. The van der Waals surface area contributed by atoms with Crippen LogP contribution in [0.2, 0.25) is 0 Å². The van der Waals surface area contributed by atoms with Crippen LogP contribution >= 0.6 is 0 Å². The van der Waals surface area contributed by atoms with Gasteiger partial charge in [-0.2, -0.15) is 0 Å². The fraction of sp³-hybridized carbons (Fsp3) is 0.500. The van der Waals surface area contributed by atoms with Gasteiger partial charge in [0.15, 0.2) is 0 Å². The van der Waals surface area contributed by atoms with Crippen molar-refractivity contribution in [3.63, 3.8) is 0 Å². The number of nitrogens with zero attached hydrogens (tertiary/aromatic N) is 1. The Balaban J connectivity index is 1.44. The zero-order valence-electron chi connectivity index (χ0n) is 21.1. The number of ether oxygens (including phenoxy) is 2. The zero-order valence-corrected chi connectivity index (χ0v) is 21.1. The topological polar surface area (TPSA) is 59.0 Å². The van der Waals surface area contributed by atoms with E-state index in [4.69, 9.17) is 9.47 Å². The highest BCUT2D eigenvalue weighted by Crippen LogP contribution is 2.42. The molecule has 2 aliphatic rings. The monoisotopic (exact) mass is 477 g/mol. The highest BCUT2D eigenvalue weighted by atomic mass is 16.5. The van der Waals surface area contributed by atoms with Crippen molar-refractivity contribution in [3.8, 4) is 11.5 Å². The Hall–Kier alpha value is -2.79. The van der Waals surface area contributed by atoms with Crippen molar-refractivity contribution in [3.05, 3.63) is 65.7 Å². The van der Waals surface area contributed by atoms with E-state index in [2.05, 4.69) is 42.2 Å². The van der Waals surface area contributed by atoms with Crippen molar-refractivity contribution in [2.24, 2.45) is 17.8 Å². The molecule has 3 unspecified atom stereocenters. The molecule has 0 amide bonds. The van der Waals surface area contributed by atoms with Gasteiger partial charge < -0.3 is 14.6 Å². The minimum absolute atomic E-state index is 0.108. The number of piperidine rings is 1. The van der Waals surface area contributed by atoms with E-state index in [0.717, 1.165) is 24.3 Å². The number of allylic oxidation sites excluding steroid dienone is 2. The number of phenols is 1. The number of benzene rings is 2. The minimum atomic E-state index is -0.141. The third kappa shape index (κ3) is 6.66. The summed E-state index contributed by atoms with van der Waals surface area (Å²) in [5.41, 5.74) is 3.55. The lowest BCUT2D eigenvalue weighted by molar-refractivity contribution is -0.150. The summed E-state index contributed by atoms with van der Waals surface area (Å²) in [6, 6.07) is 15.8. The number of hydrogen-bond acceptors (Lipinski definition) is 5. The number of rotatable bonds is 9. The van der Waals surface area contributed by atoms with Crippen LogP contribution in [0.5, 0.6) is 11.5 Å². The third-order valence-corrected chi connectivity index (χ3v) is 7.55. The normalized spacial score (nSPS) is 22.9. The highest BCUT2D eigenvalue weighted by molar-refractivity contribution is 5.77. The Morgan fingerprint density at radius 3 is 2.43 bits per heavy atom. The molecule has 188 valence electrons. The second-order valence-corrected chi connectivity index (χ2v) is 9.87. The smallest absolute Gasteiger partial charge is 0.309 e. The summed E-state index contributed by atoms with van der Waals surface area (Å²) in [4.78, 5) is 15.1. The van der Waals surface area contributed by atoms with E-state index in [0.29, 0.717) is 19.6 Å². The minimum Gasteiger partial charge on any atom is -0.508 e. The van der Waals surface area contributed by atoms with E-state index < -0.39 is 0 Å². The summed E-state index contributed by atoms with van der Waals surface area (Å²) in [6.45, 7) is 8.50. The van der Waals surface area contributed by atoms with E-state index in [1.54, 1.807) is 12.1 Å². The fourth-order valence-corrected chi connectivity index (χ4v) is 5.48. The molecular weight excluding hydrogens is 438 g/mol. The maximum atomic E-state index is 12.6. The lowest BCUT2D eigenvalue weighted by Crippen LogP contribution is -2.33. The average molecular weight is 478 g/mol. The van der Waals surface area contributed by atoms with Gasteiger partial charge in [0.25, 0.3) is 0 Å². The number of phenolic OH excluding ortho intramolecular Hbond substituents is 1. The molecule has 2 aromatic carbocycles. The van der Waals surface area contributed by atoms with Crippen molar-refractivity contribution in [2.75, 3.05) is 32.8 Å². The third-order valence-electron chi connectivity index (χ3n) is 7.55. The van der Waals surface area contributed by atoms with E-state index in [1.807, 2.05) is 19.1 Å². The van der Waals surface area contributed by atoms with E-state index in [1.165, 1.54) is 43.5 Å². The first kappa shape index (κ1) is 25.3. The summed E-state index contributed by atoms with van der Waals surface area (Å²) in [7, 11) is 0. The van der Waals surface area contributed by atoms with Gasteiger partial charge in [0.1, 0.15) is 18.1 Å². The maximum Gasteiger partial charge on any atom is 0.309 e. The van der Waals surface area contributed by atoms with Gasteiger partial charge in [-0.1, -0.05) is 43.7 Å². The van der Waals surface area contributed by atoms with Crippen LogP contribution in [0, 0.1) is 17.8 Å². The molecule has 35 heavy (non-hydrogen) atoms. The SMILES string of the molecule is CCOC(=O)C1CC=C(c2ccc(O)cc2)C(Cc2ccc(OCCN3CCCCC3)cc2)C1C. The maximum absolute atomic E-state index is 12.6.